The van der Waals surface area contributed by atoms with Gasteiger partial charge in [0.15, 0.2) is 0 Å². The fourth-order valence-electron chi connectivity index (χ4n) is 2.73. The van der Waals surface area contributed by atoms with E-state index in [1.165, 1.54) is 33.2 Å². The van der Waals surface area contributed by atoms with E-state index >= 15 is 0 Å². The molecular weight excluding hydrogens is 322 g/mol. The van der Waals surface area contributed by atoms with Crippen molar-refractivity contribution in [3.05, 3.63) is 75.8 Å². The Morgan fingerprint density at radius 2 is 1.48 bits per heavy atom. The minimum atomic E-state index is 0.851. The highest BCUT2D eigenvalue weighted by Gasteiger charge is 2.06. The summed E-state index contributed by atoms with van der Waals surface area (Å²) in [5.41, 5.74) is 5.23. The minimum Gasteiger partial charge on any atom is -0.380 e. The van der Waals surface area contributed by atoms with Crippen molar-refractivity contribution in [2.45, 2.75) is 20.4 Å². The van der Waals surface area contributed by atoms with E-state index in [1.807, 2.05) is 0 Å². The molecule has 0 radical (unpaired) electrons. The molecule has 0 bridgehead atoms. The summed E-state index contributed by atoms with van der Waals surface area (Å²) in [5, 5.41) is 6.08. The van der Waals surface area contributed by atoms with Crippen molar-refractivity contribution < 1.29 is 0 Å². The smallest absolute Gasteiger partial charge is 0.0423 e. The highest BCUT2D eigenvalue weighted by atomic mass is 79.9. The zero-order valence-electron chi connectivity index (χ0n) is 12.3. The molecule has 0 atom stereocenters. The van der Waals surface area contributed by atoms with E-state index in [-0.39, 0.29) is 0 Å². The number of fused-ring (bicyclic) bond motifs is 1. The summed E-state index contributed by atoms with van der Waals surface area (Å²) in [6.45, 7) is 5.19. The summed E-state index contributed by atoms with van der Waals surface area (Å²) >= 11 is 3.62. The minimum absolute atomic E-state index is 0.851. The van der Waals surface area contributed by atoms with Crippen molar-refractivity contribution in [2.75, 3.05) is 5.32 Å². The molecule has 3 aromatic carbocycles. The summed E-state index contributed by atoms with van der Waals surface area (Å²) in [6.07, 6.45) is 0. The molecule has 1 N–H and O–H groups in total. The lowest BCUT2D eigenvalue weighted by atomic mass is 10.0. The van der Waals surface area contributed by atoms with Gasteiger partial charge in [-0.05, 0) is 48.1 Å². The lowest BCUT2D eigenvalue weighted by Crippen LogP contribution is -2.03. The number of aryl methyl sites for hydroxylation is 2. The fourth-order valence-corrected chi connectivity index (χ4v) is 3.21. The van der Waals surface area contributed by atoms with Gasteiger partial charge in [0.25, 0.3) is 0 Å². The van der Waals surface area contributed by atoms with Gasteiger partial charge in [-0.1, -0.05) is 58.4 Å². The van der Waals surface area contributed by atoms with Crippen LogP contribution < -0.4 is 5.32 Å². The van der Waals surface area contributed by atoms with Gasteiger partial charge in [-0.25, -0.2) is 0 Å². The van der Waals surface area contributed by atoms with Crippen LogP contribution in [0.4, 0.5) is 5.69 Å². The van der Waals surface area contributed by atoms with Crippen LogP contribution in [0.2, 0.25) is 0 Å². The number of benzene rings is 3. The van der Waals surface area contributed by atoms with Gasteiger partial charge < -0.3 is 5.32 Å². The van der Waals surface area contributed by atoms with Gasteiger partial charge in [0, 0.05) is 22.1 Å². The summed E-state index contributed by atoms with van der Waals surface area (Å²) in [5.74, 6) is 0. The first-order valence-electron chi connectivity index (χ1n) is 7.13. The van der Waals surface area contributed by atoms with Crippen molar-refractivity contribution in [1.82, 2.24) is 0 Å². The van der Waals surface area contributed by atoms with Gasteiger partial charge in [0.05, 0.1) is 0 Å². The SMILES string of the molecule is Cc1cccc(C)c1CNc1ccc(Br)c2ccccc12. The topological polar surface area (TPSA) is 12.0 Å². The van der Waals surface area contributed by atoms with E-state index < -0.39 is 0 Å². The molecule has 0 aromatic heterocycles. The van der Waals surface area contributed by atoms with E-state index in [2.05, 4.69) is 89.7 Å². The standard InChI is InChI=1S/C19H18BrN/c1-13-6-5-7-14(2)17(13)12-21-19-11-10-18(20)15-8-3-4-9-16(15)19/h3-11,21H,12H2,1-2H3. The number of halogens is 1. The molecule has 0 spiro atoms. The monoisotopic (exact) mass is 339 g/mol. The second-order valence-corrected chi connectivity index (χ2v) is 6.22. The van der Waals surface area contributed by atoms with E-state index in [9.17, 15) is 0 Å². The van der Waals surface area contributed by atoms with Crippen LogP contribution >= 0.6 is 15.9 Å². The van der Waals surface area contributed by atoms with Crippen LogP contribution in [0.25, 0.3) is 10.8 Å². The maximum atomic E-state index is 3.62. The molecule has 2 heteroatoms. The van der Waals surface area contributed by atoms with Crippen LogP contribution in [0.1, 0.15) is 16.7 Å². The second kappa shape index (κ2) is 5.90. The summed E-state index contributed by atoms with van der Waals surface area (Å²) in [7, 11) is 0. The molecule has 3 rings (SSSR count). The molecule has 106 valence electrons. The van der Waals surface area contributed by atoms with Crippen molar-refractivity contribution in [3.8, 4) is 0 Å². The third-order valence-electron chi connectivity index (χ3n) is 3.97. The van der Waals surface area contributed by atoms with Crippen LogP contribution in [0.15, 0.2) is 59.1 Å². The summed E-state index contributed by atoms with van der Waals surface area (Å²) in [4.78, 5) is 0. The number of hydrogen-bond donors (Lipinski definition) is 1. The number of anilines is 1. The Morgan fingerprint density at radius 1 is 0.810 bits per heavy atom. The number of nitrogens with one attached hydrogen (secondary N) is 1. The quantitative estimate of drug-likeness (QED) is 0.632. The fraction of sp³-hybridized carbons (Fsp3) is 0.158. The molecule has 0 fully saturated rings. The van der Waals surface area contributed by atoms with Gasteiger partial charge >= 0.3 is 0 Å². The Bertz CT molecular complexity index is 772. The average molecular weight is 340 g/mol. The van der Waals surface area contributed by atoms with E-state index in [0.717, 1.165) is 11.0 Å². The van der Waals surface area contributed by atoms with Crippen molar-refractivity contribution in [3.63, 3.8) is 0 Å². The lowest BCUT2D eigenvalue weighted by molar-refractivity contribution is 1.09. The molecule has 0 saturated heterocycles. The van der Waals surface area contributed by atoms with Crippen LogP contribution in [-0.4, -0.2) is 0 Å². The van der Waals surface area contributed by atoms with Crippen LogP contribution in [0.5, 0.6) is 0 Å². The predicted octanol–water partition coefficient (Wildman–Crippen LogP) is 5.83. The van der Waals surface area contributed by atoms with E-state index in [4.69, 9.17) is 0 Å². The number of hydrogen-bond acceptors (Lipinski definition) is 1. The van der Waals surface area contributed by atoms with Crippen LogP contribution in [0.3, 0.4) is 0 Å². The first kappa shape index (κ1) is 14.2. The van der Waals surface area contributed by atoms with Crippen LogP contribution in [0, 0.1) is 13.8 Å². The zero-order chi connectivity index (χ0) is 14.8. The van der Waals surface area contributed by atoms with Crippen molar-refractivity contribution in [1.29, 1.82) is 0 Å². The third kappa shape index (κ3) is 2.81. The maximum Gasteiger partial charge on any atom is 0.0423 e. The first-order valence-corrected chi connectivity index (χ1v) is 7.92. The second-order valence-electron chi connectivity index (χ2n) is 5.36. The Balaban J connectivity index is 1.94. The lowest BCUT2D eigenvalue weighted by Gasteiger charge is -2.14. The molecule has 1 nitrogen and oxygen atoms in total. The Labute approximate surface area is 134 Å². The van der Waals surface area contributed by atoms with Crippen molar-refractivity contribution in [2.24, 2.45) is 0 Å². The first-order chi connectivity index (χ1) is 10.2. The molecule has 0 heterocycles. The molecule has 0 unspecified atom stereocenters. The summed E-state index contributed by atoms with van der Waals surface area (Å²) in [6, 6.07) is 19.2. The van der Waals surface area contributed by atoms with Gasteiger partial charge in [-0.15, -0.1) is 0 Å². The van der Waals surface area contributed by atoms with Gasteiger partial charge in [-0.3, -0.25) is 0 Å². The van der Waals surface area contributed by atoms with Gasteiger partial charge in [-0.2, -0.15) is 0 Å². The molecule has 3 aromatic rings. The molecule has 0 aliphatic rings. The Hall–Kier alpha value is -1.80. The molecule has 0 aliphatic carbocycles. The van der Waals surface area contributed by atoms with Crippen molar-refractivity contribution >= 4 is 32.4 Å². The van der Waals surface area contributed by atoms with Gasteiger partial charge in [0.1, 0.15) is 0 Å². The number of rotatable bonds is 3. The highest BCUT2D eigenvalue weighted by molar-refractivity contribution is 9.10. The van der Waals surface area contributed by atoms with E-state index in [0.29, 0.717) is 0 Å². The zero-order valence-corrected chi connectivity index (χ0v) is 13.9. The third-order valence-corrected chi connectivity index (χ3v) is 4.66. The van der Waals surface area contributed by atoms with E-state index in [1.54, 1.807) is 0 Å². The Morgan fingerprint density at radius 3 is 2.19 bits per heavy atom. The molecule has 21 heavy (non-hydrogen) atoms. The van der Waals surface area contributed by atoms with Crippen LogP contribution in [-0.2, 0) is 6.54 Å². The molecule has 0 amide bonds. The highest BCUT2D eigenvalue weighted by Crippen LogP contribution is 2.30. The molecule has 0 saturated carbocycles. The van der Waals surface area contributed by atoms with Gasteiger partial charge in [0.2, 0.25) is 0 Å². The molecule has 0 aliphatic heterocycles. The summed E-state index contributed by atoms with van der Waals surface area (Å²) < 4.78 is 1.13. The molecular formula is C19H18BrN. The normalized spacial score (nSPS) is 10.8. The largest absolute Gasteiger partial charge is 0.380 e. The predicted molar refractivity (Wildman–Crippen MR) is 94.9 cm³/mol. The average Bonchev–Trinajstić information content (AvgIpc) is 2.49. The maximum absolute atomic E-state index is 3.62. The Kier molecular flexibility index (Phi) is 3.98.